The lowest BCUT2D eigenvalue weighted by Gasteiger charge is -2.24. The van der Waals surface area contributed by atoms with E-state index in [9.17, 15) is 4.79 Å². The Morgan fingerprint density at radius 1 is 1.23 bits per heavy atom. The number of carbonyl (C=O) groups is 1. The number of nitrogens with zero attached hydrogens (tertiary/aromatic N) is 1. The van der Waals surface area contributed by atoms with Gasteiger partial charge in [-0.25, -0.2) is 0 Å². The molecule has 0 aliphatic heterocycles. The third-order valence-corrected chi connectivity index (χ3v) is 4.21. The monoisotopic (exact) mass is 290 g/mol. The maximum Gasteiger partial charge on any atom is 0.227 e. The Labute approximate surface area is 130 Å². The summed E-state index contributed by atoms with van der Waals surface area (Å²) >= 11 is 0. The Morgan fingerprint density at radius 2 is 2.09 bits per heavy atom. The van der Waals surface area contributed by atoms with Crippen molar-refractivity contribution in [1.29, 1.82) is 5.26 Å². The van der Waals surface area contributed by atoms with E-state index < -0.39 is 0 Å². The number of amides is 1. The topological polar surface area (TPSA) is 52.9 Å². The van der Waals surface area contributed by atoms with Crippen LogP contribution in [0.15, 0.2) is 48.5 Å². The highest BCUT2D eigenvalue weighted by Gasteiger charge is 2.25. The van der Waals surface area contributed by atoms with Gasteiger partial charge in [0.1, 0.15) is 0 Å². The molecule has 0 fully saturated rings. The van der Waals surface area contributed by atoms with Crippen LogP contribution in [0.25, 0.3) is 0 Å². The average molecular weight is 290 g/mol. The van der Waals surface area contributed by atoms with Crippen LogP contribution in [0.4, 0.5) is 0 Å². The molecule has 0 aromatic heterocycles. The predicted molar refractivity (Wildman–Crippen MR) is 85.1 cm³/mol. The molecule has 3 rings (SSSR count). The maximum absolute atomic E-state index is 12.5. The Hall–Kier alpha value is -2.60. The fourth-order valence-electron chi connectivity index (χ4n) is 3.09. The molecule has 2 aromatic carbocycles. The number of benzene rings is 2. The molecule has 0 heterocycles. The Kier molecular flexibility index (Phi) is 4.20. The van der Waals surface area contributed by atoms with Crippen LogP contribution in [0.1, 0.15) is 41.0 Å². The molecule has 0 saturated heterocycles. The fourth-order valence-corrected chi connectivity index (χ4v) is 3.09. The summed E-state index contributed by atoms with van der Waals surface area (Å²) in [7, 11) is 0. The number of carbonyl (C=O) groups excluding carboxylic acids is 1. The summed E-state index contributed by atoms with van der Waals surface area (Å²) in [6.45, 7) is 0.465. The third-order valence-electron chi connectivity index (χ3n) is 4.21. The Balaban J connectivity index is 1.69. The molecule has 0 spiro atoms. The first-order valence-electron chi connectivity index (χ1n) is 7.62. The first kappa shape index (κ1) is 14.3. The number of hydrogen-bond acceptors (Lipinski definition) is 2. The van der Waals surface area contributed by atoms with Gasteiger partial charge in [-0.2, -0.15) is 5.26 Å². The van der Waals surface area contributed by atoms with E-state index in [1.807, 2.05) is 30.3 Å². The number of fused-ring (bicyclic) bond motifs is 1. The minimum atomic E-state index is -0.0518. The molecular weight excluding hydrogens is 272 g/mol. The van der Waals surface area contributed by atoms with E-state index in [2.05, 4.69) is 23.5 Å². The number of aryl methyl sites for hydroxylation is 1. The van der Waals surface area contributed by atoms with E-state index >= 15 is 0 Å². The quantitative estimate of drug-likeness (QED) is 0.943. The highest BCUT2D eigenvalue weighted by Crippen LogP contribution is 2.31. The van der Waals surface area contributed by atoms with Gasteiger partial charge < -0.3 is 5.32 Å². The summed E-state index contributed by atoms with van der Waals surface area (Å²) in [5.74, 6) is 0.0265. The first-order chi connectivity index (χ1) is 10.8. The van der Waals surface area contributed by atoms with Gasteiger partial charge in [0.2, 0.25) is 5.91 Å². The Bertz CT molecular complexity index is 730. The van der Waals surface area contributed by atoms with E-state index in [0.717, 1.165) is 30.4 Å². The van der Waals surface area contributed by atoms with Crippen LogP contribution >= 0.6 is 0 Å². The zero-order chi connectivity index (χ0) is 15.4. The zero-order valence-corrected chi connectivity index (χ0v) is 12.4. The number of nitriles is 1. The van der Waals surface area contributed by atoms with Crippen molar-refractivity contribution in [1.82, 2.24) is 5.32 Å². The van der Waals surface area contributed by atoms with Crippen molar-refractivity contribution >= 4 is 5.91 Å². The van der Waals surface area contributed by atoms with Gasteiger partial charge in [-0.3, -0.25) is 4.79 Å². The number of hydrogen-bond donors (Lipinski definition) is 1. The summed E-state index contributed by atoms with van der Waals surface area (Å²) in [5, 5.41) is 11.9. The first-order valence-corrected chi connectivity index (χ1v) is 7.62. The summed E-state index contributed by atoms with van der Waals surface area (Å²) in [6, 6.07) is 17.7. The minimum Gasteiger partial charge on any atom is -0.351 e. The lowest BCUT2D eigenvalue weighted by molar-refractivity contribution is -0.123. The fraction of sp³-hybridized carbons (Fsp3) is 0.263. The maximum atomic E-state index is 12.5. The molecule has 22 heavy (non-hydrogen) atoms. The molecule has 3 heteroatoms. The van der Waals surface area contributed by atoms with E-state index in [-0.39, 0.29) is 11.8 Å². The predicted octanol–water partition coefficient (Wildman–Crippen LogP) is 3.29. The lowest BCUT2D eigenvalue weighted by atomic mass is 9.82. The highest BCUT2D eigenvalue weighted by atomic mass is 16.1. The molecule has 1 N–H and O–H groups in total. The normalized spacial score (nSPS) is 16.4. The van der Waals surface area contributed by atoms with Crippen molar-refractivity contribution in [2.45, 2.75) is 31.7 Å². The van der Waals surface area contributed by atoms with Gasteiger partial charge in [0.05, 0.1) is 17.6 Å². The molecule has 3 nitrogen and oxygen atoms in total. The van der Waals surface area contributed by atoms with Gasteiger partial charge in [-0.1, -0.05) is 36.4 Å². The summed E-state index contributed by atoms with van der Waals surface area (Å²) in [5.41, 5.74) is 4.03. The summed E-state index contributed by atoms with van der Waals surface area (Å²) < 4.78 is 0. The van der Waals surface area contributed by atoms with Crippen molar-refractivity contribution in [3.63, 3.8) is 0 Å². The molecular formula is C19H18N2O. The Morgan fingerprint density at radius 3 is 2.95 bits per heavy atom. The standard InChI is InChI=1S/C19H18N2O/c20-12-14-5-3-6-15(11-14)13-21-19(22)18-10-4-8-16-7-1-2-9-17(16)18/h1-3,5-7,9,11,18H,4,8,10,13H2,(H,21,22). The van der Waals surface area contributed by atoms with Crippen molar-refractivity contribution in [3.05, 3.63) is 70.8 Å². The molecule has 1 unspecified atom stereocenters. The van der Waals surface area contributed by atoms with E-state index in [0.29, 0.717) is 12.1 Å². The van der Waals surface area contributed by atoms with Gasteiger partial charge in [-0.15, -0.1) is 0 Å². The third kappa shape index (κ3) is 3.01. The highest BCUT2D eigenvalue weighted by molar-refractivity contribution is 5.84. The minimum absolute atomic E-state index is 0.0518. The van der Waals surface area contributed by atoms with Crippen LogP contribution in [0.3, 0.4) is 0 Å². The van der Waals surface area contributed by atoms with E-state index in [1.54, 1.807) is 6.07 Å². The molecule has 1 atom stereocenters. The van der Waals surface area contributed by atoms with E-state index in [4.69, 9.17) is 5.26 Å². The molecule has 0 radical (unpaired) electrons. The molecule has 1 aliphatic carbocycles. The summed E-state index contributed by atoms with van der Waals surface area (Å²) in [6.07, 6.45) is 3.02. The SMILES string of the molecule is N#Cc1cccc(CNC(=O)C2CCCc3ccccc32)c1. The van der Waals surface area contributed by atoms with Crippen LogP contribution in [-0.4, -0.2) is 5.91 Å². The summed E-state index contributed by atoms with van der Waals surface area (Å²) in [4.78, 5) is 12.5. The van der Waals surface area contributed by atoms with Crippen LogP contribution in [0.2, 0.25) is 0 Å². The molecule has 0 bridgehead atoms. The van der Waals surface area contributed by atoms with E-state index in [1.165, 1.54) is 5.56 Å². The zero-order valence-electron chi connectivity index (χ0n) is 12.4. The largest absolute Gasteiger partial charge is 0.351 e. The van der Waals surface area contributed by atoms with Crippen LogP contribution < -0.4 is 5.32 Å². The molecule has 0 saturated carbocycles. The van der Waals surface area contributed by atoms with Crippen molar-refractivity contribution in [2.75, 3.05) is 0 Å². The molecule has 1 aliphatic rings. The second kappa shape index (κ2) is 6.44. The van der Waals surface area contributed by atoms with Crippen molar-refractivity contribution in [2.24, 2.45) is 0 Å². The molecule has 110 valence electrons. The second-order valence-corrected chi connectivity index (χ2v) is 5.67. The number of rotatable bonds is 3. The van der Waals surface area contributed by atoms with Crippen LogP contribution in [-0.2, 0) is 17.8 Å². The second-order valence-electron chi connectivity index (χ2n) is 5.67. The molecule has 1 amide bonds. The van der Waals surface area contributed by atoms with Gasteiger partial charge in [0, 0.05) is 6.54 Å². The van der Waals surface area contributed by atoms with Crippen molar-refractivity contribution in [3.8, 4) is 6.07 Å². The van der Waals surface area contributed by atoms with Gasteiger partial charge in [0.25, 0.3) is 0 Å². The smallest absolute Gasteiger partial charge is 0.227 e. The average Bonchev–Trinajstić information content (AvgIpc) is 2.59. The van der Waals surface area contributed by atoms with Crippen molar-refractivity contribution < 1.29 is 4.79 Å². The lowest BCUT2D eigenvalue weighted by Crippen LogP contribution is -2.31. The van der Waals surface area contributed by atoms with Gasteiger partial charge >= 0.3 is 0 Å². The van der Waals surface area contributed by atoms with Gasteiger partial charge in [-0.05, 0) is 48.1 Å². The molecule has 2 aromatic rings. The van der Waals surface area contributed by atoms with Gasteiger partial charge in [0.15, 0.2) is 0 Å². The number of nitrogens with one attached hydrogen (secondary N) is 1. The van der Waals surface area contributed by atoms with Crippen LogP contribution in [0, 0.1) is 11.3 Å². The van der Waals surface area contributed by atoms with Crippen LogP contribution in [0.5, 0.6) is 0 Å².